The Morgan fingerprint density at radius 2 is 2.17 bits per heavy atom. The number of carbonyl (C=O) groups is 1. The van der Waals surface area contributed by atoms with Crippen molar-refractivity contribution in [1.82, 2.24) is 4.31 Å². The van der Waals surface area contributed by atoms with Crippen LogP contribution in [0.15, 0.2) is 0 Å². The molecule has 2 fully saturated rings. The lowest BCUT2D eigenvalue weighted by molar-refractivity contribution is -0.140. The summed E-state index contributed by atoms with van der Waals surface area (Å²) >= 11 is 0. The van der Waals surface area contributed by atoms with Crippen LogP contribution in [0.4, 0.5) is 0 Å². The fourth-order valence-electron chi connectivity index (χ4n) is 2.42. The fraction of sp³-hybridized carbons (Fsp3) is 0.900. The molecule has 2 rings (SSSR count). The van der Waals surface area contributed by atoms with Gasteiger partial charge in [0.05, 0.1) is 18.0 Å². The molecule has 0 radical (unpaired) electrons. The van der Waals surface area contributed by atoms with Crippen LogP contribution >= 0.6 is 0 Å². The maximum absolute atomic E-state index is 12.1. The molecule has 0 aromatic carbocycles. The molecule has 8 heteroatoms. The number of carboxylic acids is 1. The van der Waals surface area contributed by atoms with E-state index < -0.39 is 28.1 Å². The van der Waals surface area contributed by atoms with Crippen LogP contribution in [0, 0.1) is 0 Å². The molecule has 0 bridgehead atoms. The van der Waals surface area contributed by atoms with E-state index in [9.17, 15) is 18.3 Å². The van der Waals surface area contributed by atoms with Crippen molar-refractivity contribution in [3.63, 3.8) is 0 Å². The van der Waals surface area contributed by atoms with E-state index in [0.29, 0.717) is 13.0 Å². The first-order valence-electron chi connectivity index (χ1n) is 5.92. The number of hydrogen-bond donors (Lipinski definition) is 2. The van der Waals surface area contributed by atoms with Crippen LogP contribution in [0.25, 0.3) is 0 Å². The van der Waals surface area contributed by atoms with Crippen molar-refractivity contribution >= 4 is 16.0 Å². The first kappa shape index (κ1) is 13.7. The number of aliphatic carboxylic acids is 1. The minimum atomic E-state index is -3.70. The van der Waals surface area contributed by atoms with Gasteiger partial charge in [0, 0.05) is 19.6 Å². The molecule has 0 saturated carbocycles. The van der Waals surface area contributed by atoms with E-state index in [2.05, 4.69) is 0 Å². The van der Waals surface area contributed by atoms with Gasteiger partial charge >= 0.3 is 5.97 Å². The summed E-state index contributed by atoms with van der Waals surface area (Å²) in [5.74, 6) is -1.42. The second-order valence-electron chi connectivity index (χ2n) is 4.73. The monoisotopic (exact) mass is 279 g/mol. The van der Waals surface area contributed by atoms with E-state index in [0.717, 1.165) is 10.7 Å². The highest BCUT2D eigenvalue weighted by Gasteiger charge is 2.43. The van der Waals surface area contributed by atoms with Crippen LogP contribution in [-0.4, -0.2) is 66.1 Å². The Bertz CT molecular complexity index is 416. The SMILES string of the molecule is O=C(O)[C@H]1C[C@@H](O)CN1S(=O)(=O)CC1CCCO1. The van der Waals surface area contributed by atoms with Crippen molar-refractivity contribution < 1.29 is 28.2 Å². The first-order valence-corrected chi connectivity index (χ1v) is 7.53. The van der Waals surface area contributed by atoms with Crippen LogP contribution in [-0.2, 0) is 19.6 Å². The van der Waals surface area contributed by atoms with Crippen molar-refractivity contribution in [2.45, 2.75) is 37.5 Å². The minimum absolute atomic E-state index is 0.0555. The molecule has 2 saturated heterocycles. The minimum Gasteiger partial charge on any atom is -0.480 e. The maximum Gasteiger partial charge on any atom is 0.322 e. The van der Waals surface area contributed by atoms with E-state index in [4.69, 9.17) is 9.84 Å². The fourth-order valence-corrected chi connectivity index (χ4v) is 4.31. The van der Waals surface area contributed by atoms with Gasteiger partial charge in [-0.25, -0.2) is 8.42 Å². The van der Waals surface area contributed by atoms with Crippen molar-refractivity contribution in [2.24, 2.45) is 0 Å². The van der Waals surface area contributed by atoms with Gasteiger partial charge in [-0.05, 0) is 12.8 Å². The summed E-state index contributed by atoms with van der Waals surface area (Å²) in [5, 5.41) is 18.4. The van der Waals surface area contributed by atoms with E-state index in [1.807, 2.05) is 0 Å². The summed E-state index contributed by atoms with van der Waals surface area (Å²) in [5.41, 5.74) is 0. The average Bonchev–Trinajstić information content (AvgIpc) is 2.86. The Kier molecular flexibility index (Phi) is 3.90. The van der Waals surface area contributed by atoms with Crippen molar-refractivity contribution in [3.8, 4) is 0 Å². The lowest BCUT2D eigenvalue weighted by atomic mass is 10.2. The van der Waals surface area contributed by atoms with Gasteiger partial charge in [0.2, 0.25) is 10.0 Å². The van der Waals surface area contributed by atoms with Crippen LogP contribution in [0.2, 0.25) is 0 Å². The third kappa shape index (κ3) is 2.82. The molecular formula is C10H17NO6S. The predicted molar refractivity (Wildman–Crippen MR) is 61.5 cm³/mol. The van der Waals surface area contributed by atoms with Crippen LogP contribution in [0.5, 0.6) is 0 Å². The smallest absolute Gasteiger partial charge is 0.322 e. The Balaban J connectivity index is 2.10. The summed E-state index contributed by atoms with van der Waals surface area (Å²) in [6, 6.07) is -1.16. The number of sulfonamides is 1. The lowest BCUT2D eigenvalue weighted by Gasteiger charge is -2.22. The zero-order valence-electron chi connectivity index (χ0n) is 9.86. The molecule has 0 amide bonds. The Morgan fingerprint density at radius 1 is 1.44 bits per heavy atom. The second-order valence-corrected chi connectivity index (χ2v) is 6.69. The van der Waals surface area contributed by atoms with Gasteiger partial charge in [0.25, 0.3) is 0 Å². The number of aliphatic hydroxyl groups excluding tert-OH is 1. The largest absolute Gasteiger partial charge is 0.480 e. The Morgan fingerprint density at radius 3 is 2.72 bits per heavy atom. The summed E-state index contributed by atoms with van der Waals surface area (Å²) < 4.78 is 30.4. The van der Waals surface area contributed by atoms with Crippen LogP contribution in [0.1, 0.15) is 19.3 Å². The van der Waals surface area contributed by atoms with E-state index in [1.165, 1.54) is 0 Å². The summed E-state index contributed by atoms with van der Waals surface area (Å²) in [7, 11) is -3.70. The number of ether oxygens (including phenoxy) is 1. The third-order valence-corrected chi connectivity index (χ3v) is 5.21. The Labute approximate surface area is 105 Å². The van der Waals surface area contributed by atoms with Gasteiger partial charge in [-0.1, -0.05) is 0 Å². The first-order chi connectivity index (χ1) is 8.40. The van der Waals surface area contributed by atoms with E-state index in [1.54, 1.807) is 0 Å². The van der Waals surface area contributed by atoms with Crippen LogP contribution in [0.3, 0.4) is 0 Å². The quantitative estimate of drug-likeness (QED) is 0.685. The molecule has 0 aromatic heterocycles. The van der Waals surface area contributed by atoms with Crippen molar-refractivity contribution in [1.29, 1.82) is 0 Å². The maximum atomic E-state index is 12.1. The molecule has 2 heterocycles. The molecule has 0 spiro atoms. The van der Waals surface area contributed by atoms with Gasteiger partial charge in [0.1, 0.15) is 6.04 Å². The van der Waals surface area contributed by atoms with Crippen molar-refractivity contribution in [2.75, 3.05) is 18.9 Å². The van der Waals surface area contributed by atoms with Gasteiger partial charge < -0.3 is 14.9 Å². The van der Waals surface area contributed by atoms with Crippen molar-refractivity contribution in [3.05, 3.63) is 0 Å². The molecule has 2 N–H and O–H groups in total. The summed E-state index contributed by atoms with van der Waals surface area (Å²) in [4.78, 5) is 11.0. The average molecular weight is 279 g/mol. The van der Waals surface area contributed by atoms with Gasteiger partial charge in [-0.15, -0.1) is 0 Å². The molecule has 104 valence electrons. The zero-order valence-corrected chi connectivity index (χ0v) is 10.7. The lowest BCUT2D eigenvalue weighted by Crippen LogP contribution is -2.43. The van der Waals surface area contributed by atoms with E-state index in [-0.39, 0.29) is 24.8 Å². The molecule has 18 heavy (non-hydrogen) atoms. The third-order valence-electron chi connectivity index (χ3n) is 3.30. The Hall–Kier alpha value is -0.700. The molecule has 2 aliphatic heterocycles. The van der Waals surface area contributed by atoms with Gasteiger partial charge in [-0.2, -0.15) is 4.31 Å². The number of rotatable bonds is 4. The zero-order chi connectivity index (χ0) is 13.3. The van der Waals surface area contributed by atoms with Gasteiger partial charge in [-0.3, -0.25) is 4.79 Å². The number of aliphatic hydroxyl groups is 1. The van der Waals surface area contributed by atoms with Gasteiger partial charge in [0.15, 0.2) is 0 Å². The molecular weight excluding hydrogens is 262 g/mol. The number of hydrogen-bond acceptors (Lipinski definition) is 5. The standard InChI is InChI=1S/C10H17NO6S/c12-7-4-9(10(13)14)11(5-7)18(15,16)6-8-2-1-3-17-8/h7-9,12H,1-6H2,(H,13,14)/t7-,8?,9-/m1/s1. The topological polar surface area (TPSA) is 104 Å². The summed E-state index contributed by atoms with van der Waals surface area (Å²) in [6.07, 6.45) is 0.172. The molecule has 2 aliphatic rings. The summed E-state index contributed by atoms with van der Waals surface area (Å²) in [6.45, 7) is 0.400. The highest BCUT2D eigenvalue weighted by molar-refractivity contribution is 7.89. The highest BCUT2D eigenvalue weighted by Crippen LogP contribution is 2.24. The van der Waals surface area contributed by atoms with E-state index >= 15 is 0 Å². The molecule has 1 unspecified atom stereocenters. The molecule has 0 aromatic rings. The predicted octanol–water partition coefficient (Wildman–Crippen LogP) is -0.985. The second kappa shape index (κ2) is 5.12. The normalized spacial score (nSPS) is 33.9. The molecule has 0 aliphatic carbocycles. The molecule has 3 atom stereocenters. The number of β-amino-alcohol motifs (C(OH)–C–C–N with tert-alkyl or cyclic N) is 1. The molecule has 7 nitrogen and oxygen atoms in total. The number of carboxylic acid groups (broad SMARTS) is 1. The number of nitrogens with zero attached hydrogens (tertiary/aromatic N) is 1. The van der Waals surface area contributed by atoms with Crippen LogP contribution < -0.4 is 0 Å². The highest BCUT2D eigenvalue weighted by atomic mass is 32.2.